The molecule has 1 saturated heterocycles. The van der Waals surface area contributed by atoms with Crippen LogP contribution < -0.4 is 5.32 Å². The molecule has 0 bridgehead atoms. The predicted molar refractivity (Wildman–Crippen MR) is 92.1 cm³/mol. The molecular weight excluding hydrogens is 326 g/mol. The van der Waals surface area contributed by atoms with Crippen LogP contribution in [0, 0.1) is 6.92 Å². The molecule has 0 amide bonds. The zero-order valence-electron chi connectivity index (χ0n) is 14.1. The van der Waals surface area contributed by atoms with Gasteiger partial charge in [-0.3, -0.25) is 0 Å². The fraction of sp³-hybridized carbons (Fsp3) is 0.500. The fourth-order valence-corrected chi connectivity index (χ4v) is 4.37. The highest BCUT2D eigenvalue weighted by Gasteiger charge is 2.25. The highest BCUT2D eigenvalue weighted by molar-refractivity contribution is 7.89. The van der Waals surface area contributed by atoms with Gasteiger partial charge in [-0.15, -0.1) is 10.2 Å². The van der Waals surface area contributed by atoms with Crippen molar-refractivity contribution in [2.45, 2.75) is 37.6 Å². The first kappa shape index (κ1) is 16.9. The lowest BCUT2D eigenvalue weighted by atomic mass is 10.2. The van der Waals surface area contributed by atoms with E-state index in [2.05, 4.69) is 15.5 Å². The summed E-state index contributed by atoms with van der Waals surface area (Å²) >= 11 is 0. The van der Waals surface area contributed by atoms with Crippen LogP contribution in [0.3, 0.4) is 0 Å². The Morgan fingerprint density at radius 1 is 1.17 bits per heavy atom. The van der Waals surface area contributed by atoms with Crippen molar-refractivity contribution in [1.29, 1.82) is 0 Å². The van der Waals surface area contributed by atoms with E-state index in [1.165, 1.54) is 0 Å². The Bertz CT molecular complexity index is 810. The summed E-state index contributed by atoms with van der Waals surface area (Å²) < 4.78 is 29.0. The van der Waals surface area contributed by atoms with Crippen molar-refractivity contribution >= 4 is 15.7 Å². The van der Waals surface area contributed by atoms with Gasteiger partial charge in [0.15, 0.2) is 5.82 Å². The molecule has 24 heavy (non-hydrogen) atoms. The lowest BCUT2D eigenvalue weighted by Crippen LogP contribution is -2.35. The fourth-order valence-electron chi connectivity index (χ4n) is 2.81. The summed E-state index contributed by atoms with van der Waals surface area (Å²) in [7, 11) is -1.51. The summed E-state index contributed by atoms with van der Waals surface area (Å²) in [5.41, 5.74) is 0.758. The Balaban J connectivity index is 1.75. The number of nitrogens with one attached hydrogen (secondary N) is 1. The number of aryl methyl sites for hydroxylation is 1. The average Bonchev–Trinajstić information content (AvgIpc) is 2.93. The van der Waals surface area contributed by atoms with Gasteiger partial charge in [-0.05, 0) is 38.0 Å². The SMILES string of the molecule is Cc1nnc(CNc2cccc(S(=O)(=O)N3CCCCC3)c2)n1C. The van der Waals surface area contributed by atoms with Gasteiger partial charge in [-0.2, -0.15) is 4.31 Å². The molecule has 1 fully saturated rings. The van der Waals surface area contributed by atoms with Crippen LogP contribution >= 0.6 is 0 Å². The lowest BCUT2D eigenvalue weighted by Gasteiger charge is -2.26. The summed E-state index contributed by atoms with van der Waals surface area (Å²) in [4.78, 5) is 0.337. The van der Waals surface area contributed by atoms with E-state index in [1.54, 1.807) is 22.5 Å². The van der Waals surface area contributed by atoms with E-state index in [4.69, 9.17) is 0 Å². The number of sulfonamides is 1. The second-order valence-corrected chi connectivity index (χ2v) is 8.01. The van der Waals surface area contributed by atoms with E-state index >= 15 is 0 Å². The topological polar surface area (TPSA) is 80.1 Å². The van der Waals surface area contributed by atoms with Crippen molar-refractivity contribution in [2.24, 2.45) is 7.05 Å². The van der Waals surface area contributed by atoms with Crippen LogP contribution in [-0.2, 0) is 23.6 Å². The molecule has 0 aliphatic carbocycles. The number of anilines is 1. The Morgan fingerprint density at radius 3 is 2.58 bits per heavy atom. The van der Waals surface area contributed by atoms with Gasteiger partial charge in [0.2, 0.25) is 10.0 Å². The third kappa shape index (κ3) is 3.44. The van der Waals surface area contributed by atoms with E-state index < -0.39 is 10.0 Å². The number of benzene rings is 1. The zero-order chi connectivity index (χ0) is 17.2. The second-order valence-electron chi connectivity index (χ2n) is 6.07. The molecule has 1 aliphatic heterocycles. The summed E-state index contributed by atoms with van der Waals surface area (Å²) in [6.07, 6.45) is 2.97. The zero-order valence-corrected chi connectivity index (χ0v) is 14.9. The maximum Gasteiger partial charge on any atom is 0.243 e. The van der Waals surface area contributed by atoms with Gasteiger partial charge in [-0.1, -0.05) is 12.5 Å². The maximum atomic E-state index is 12.7. The Morgan fingerprint density at radius 2 is 1.92 bits per heavy atom. The molecule has 0 unspecified atom stereocenters. The number of hydrogen-bond donors (Lipinski definition) is 1. The van der Waals surface area contributed by atoms with Gasteiger partial charge in [0.05, 0.1) is 11.4 Å². The molecule has 1 aliphatic rings. The lowest BCUT2D eigenvalue weighted by molar-refractivity contribution is 0.346. The molecule has 0 spiro atoms. The van der Waals surface area contributed by atoms with Gasteiger partial charge >= 0.3 is 0 Å². The highest BCUT2D eigenvalue weighted by atomic mass is 32.2. The molecule has 8 heteroatoms. The molecule has 1 N–H and O–H groups in total. The van der Waals surface area contributed by atoms with E-state index in [0.29, 0.717) is 24.5 Å². The molecule has 1 aromatic heterocycles. The van der Waals surface area contributed by atoms with Crippen molar-refractivity contribution in [3.63, 3.8) is 0 Å². The van der Waals surface area contributed by atoms with Gasteiger partial charge in [0.25, 0.3) is 0 Å². The van der Waals surface area contributed by atoms with Crippen LogP contribution in [0.5, 0.6) is 0 Å². The minimum atomic E-state index is -3.41. The molecule has 130 valence electrons. The number of nitrogens with zero attached hydrogens (tertiary/aromatic N) is 4. The number of aromatic nitrogens is 3. The highest BCUT2D eigenvalue weighted by Crippen LogP contribution is 2.23. The molecule has 3 rings (SSSR count). The summed E-state index contributed by atoms with van der Waals surface area (Å²) in [6.45, 7) is 3.60. The molecule has 0 saturated carbocycles. The van der Waals surface area contributed by atoms with Gasteiger partial charge in [0, 0.05) is 25.8 Å². The number of piperidine rings is 1. The van der Waals surface area contributed by atoms with Crippen molar-refractivity contribution in [3.8, 4) is 0 Å². The molecule has 7 nitrogen and oxygen atoms in total. The van der Waals surface area contributed by atoms with Crippen LogP contribution in [-0.4, -0.2) is 40.6 Å². The quantitative estimate of drug-likeness (QED) is 0.892. The van der Waals surface area contributed by atoms with E-state index in [-0.39, 0.29) is 0 Å². The average molecular weight is 349 g/mol. The second kappa shape index (κ2) is 6.90. The van der Waals surface area contributed by atoms with Crippen molar-refractivity contribution < 1.29 is 8.42 Å². The smallest absolute Gasteiger partial charge is 0.243 e. The minimum absolute atomic E-state index is 0.337. The van der Waals surface area contributed by atoms with Crippen molar-refractivity contribution in [3.05, 3.63) is 35.9 Å². The summed E-state index contributed by atoms with van der Waals surface area (Å²) in [6, 6.07) is 6.97. The molecule has 0 atom stereocenters. The van der Waals surface area contributed by atoms with Gasteiger partial charge in [-0.25, -0.2) is 8.42 Å². The Kier molecular flexibility index (Phi) is 4.86. The molecule has 2 aromatic rings. The predicted octanol–water partition coefficient (Wildman–Crippen LogP) is 1.91. The van der Waals surface area contributed by atoms with E-state index in [1.807, 2.05) is 24.6 Å². The van der Waals surface area contributed by atoms with Crippen LogP contribution in [0.25, 0.3) is 0 Å². The van der Waals surface area contributed by atoms with Crippen molar-refractivity contribution in [2.75, 3.05) is 18.4 Å². The monoisotopic (exact) mass is 349 g/mol. The van der Waals surface area contributed by atoms with Crippen LogP contribution in [0.1, 0.15) is 30.9 Å². The van der Waals surface area contributed by atoms with Gasteiger partial charge < -0.3 is 9.88 Å². The van der Waals surface area contributed by atoms with E-state index in [0.717, 1.165) is 36.6 Å². The van der Waals surface area contributed by atoms with Crippen LogP contribution in [0.15, 0.2) is 29.2 Å². The maximum absolute atomic E-state index is 12.7. The third-order valence-corrected chi connectivity index (χ3v) is 6.31. The first-order valence-corrected chi connectivity index (χ1v) is 9.61. The first-order valence-electron chi connectivity index (χ1n) is 8.17. The van der Waals surface area contributed by atoms with E-state index in [9.17, 15) is 8.42 Å². The molecule has 1 aromatic carbocycles. The molecule has 0 radical (unpaired) electrons. The largest absolute Gasteiger partial charge is 0.378 e. The first-order chi connectivity index (χ1) is 11.5. The van der Waals surface area contributed by atoms with Crippen LogP contribution in [0.2, 0.25) is 0 Å². The third-order valence-electron chi connectivity index (χ3n) is 4.42. The van der Waals surface area contributed by atoms with Crippen molar-refractivity contribution in [1.82, 2.24) is 19.1 Å². The molecular formula is C16H23N5O2S. The minimum Gasteiger partial charge on any atom is -0.378 e. The summed E-state index contributed by atoms with van der Waals surface area (Å²) in [5.74, 6) is 1.64. The number of rotatable bonds is 5. The summed E-state index contributed by atoms with van der Waals surface area (Å²) in [5, 5.41) is 11.3. The Labute approximate surface area is 142 Å². The number of hydrogen-bond acceptors (Lipinski definition) is 5. The Hall–Kier alpha value is -1.93. The standard InChI is InChI=1S/C16H23N5O2S/c1-13-18-19-16(20(13)2)12-17-14-7-6-8-15(11-14)24(22,23)21-9-4-3-5-10-21/h6-8,11,17H,3-5,9-10,12H2,1-2H3. The normalized spacial score (nSPS) is 16.2. The van der Waals surface area contributed by atoms with Gasteiger partial charge in [0.1, 0.15) is 5.82 Å². The molecule has 2 heterocycles. The van der Waals surface area contributed by atoms with Crippen LogP contribution in [0.4, 0.5) is 5.69 Å².